The number of amides is 2. The predicted octanol–water partition coefficient (Wildman–Crippen LogP) is 4.19. The minimum atomic E-state index is -0.385. The van der Waals surface area contributed by atoms with Gasteiger partial charge in [0.15, 0.2) is 5.78 Å². The zero-order valence-electron chi connectivity index (χ0n) is 13.7. The van der Waals surface area contributed by atoms with Crippen molar-refractivity contribution in [3.63, 3.8) is 0 Å². The second-order valence-corrected chi connectivity index (χ2v) is 6.20. The van der Waals surface area contributed by atoms with Crippen LogP contribution >= 0.6 is 23.2 Å². The van der Waals surface area contributed by atoms with E-state index in [2.05, 4.69) is 5.32 Å². The van der Waals surface area contributed by atoms with Gasteiger partial charge in [0.2, 0.25) is 11.8 Å². The van der Waals surface area contributed by atoms with Gasteiger partial charge in [-0.1, -0.05) is 23.2 Å². The van der Waals surface area contributed by atoms with Crippen molar-refractivity contribution in [3.8, 4) is 0 Å². The van der Waals surface area contributed by atoms with Crippen LogP contribution in [-0.2, 0) is 9.59 Å². The lowest BCUT2D eigenvalue weighted by Gasteiger charge is -2.21. The van der Waals surface area contributed by atoms with E-state index < -0.39 is 0 Å². The molecule has 5 nitrogen and oxygen atoms in total. The summed E-state index contributed by atoms with van der Waals surface area (Å²) in [6.07, 6.45) is 0. The van der Waals surface area contributed by atoms with Crippen molar-refractivity contribution in [2.75, 3.05) is 16.8 Å². The molecular weight excluding hydrogens is 363 g/mol. The molecule has 130 valence electrons. The second-order valence-electron chi connectivity index (χ2n) is 5.39. The van der Waals surface area contributed by atoms with E-state index >= 15 is 0 Å². The second kappa shape index (κ2) is 8.14. The Hall–Kier alpha value is -2.37. The molecule has 7 heteroatoms. The van der Waals surface area contributed by atoms with Crippen molar-refractivity contribution in [3.05, 3.63) is 58.1 Å². The van der Waals surface area contributed by atoms with Crippen LogP contribution in [0.15, 0.2) is 42.5 Å². The van der Waals surface area contributed by atoms with Gasteiger partial charge >= 0.3 is 0 Å². The summed E-state index contributed by atoms with van der Waals surface area (Å²) in [5.41, 5.74) is 1.55. The smallest absolute Gasteiger partial charge is 0.244 e. The molecule has 0 atom stereocenters. The number of carbonyl (C=O) groups is 3. The van der Waals surface area contributed by atoms with Gasteiger partial charge in [0, 0.05) is 23.9 Å². The van der Waals surface area contributed by atoms with Crippen LogP contribution < -0.4 is 10.2 Å². The van der Waals surface area contributed by atoms with E-state index in [1.54, 1.807) is 36.4 Å². The van der Waals surface area contributed by atoms with E-state index in [1.807, 2.05) is 0 Å². The zero-order chi connectivity index (χ0) is 18.6. The van der Waals surface area contributed by atoms with Crippen LogP contribution in [0, 0.1) is 0 Å². The molecule has 0 saturated carbocycles. The van der Waals surface area contributed by atoms with E-state index in [9.17, 15) is 14.4 Å². The maximum absolute atomic E-state index is 12.2. The number of anilines is 2. The molecule has 2 rings (SSSR count). The van der Waals surface area contributed by atoms with Gasteiger partial charge in [-0.15, -0.1) is 0 Å². The Kier molecular flexibility index (Phi) is 6.17. The van der Waals surface area contributed by atoms with Gasteiger partial charge in [-0.3, -0.25) is 14.4 Å². The van der Waals surface area contributed by atoms with E-state index in [1.165, 1.54) is 24.8 Å². The van der Waals surface area contributed by atoms with Gasteiger partial charge in [-0.25, -0.2) is 0 Å². The summed E-state index contributed by atoms with van der Waals surface area (Å²) in [6.45, 7) is 2.66. The minimum absolute atomic E-state index is 0.0710. The molecule has 0 aliphatic rings. The number of rotatable bonds is 5. The van der Waals surface area contributed by atoms with E-state index in [0.29, 0.717) is 27.0 Å². The lowest BCUT2D eigenvalue weighted by molar-refractivity contribution is -0.120. The molecule has 0 bridgehead atoms. The maximum atomic E-state index is 12.2. The molecule has 1 N–H and O–H groups in total. The number of nitrogens with one attached hydrogen (secondary N) is 1. The Bertz CT molecular complexity index is 820. The van der Waals surface area contributed by atoms with Gasteiger partial charge in [0.05, 0.1) is 10.0 Å². The SMILES string of the molecule is CC(=O)c1ccc(N(CC(=O)Nc2ccc(Cl)c(Cl)c2)C(C)=O)cc1. The summed E-state index contributed by atoms with van der Waals surface area (Å²) in [4.78, 5) is 36.8. The number of ketones is 1. The Morgan fingerprint density at radius 2 is 1.60 bits per heavy atom. The van der Waals surface area contributed by atoms with Gasteiger partial charge < -0.3 is 10.2 Å². The van der Waals surface area contributed by atoms with Crippen molar-refractivity contribution in [2.45, 2.75) is 13.8 Å². The van der Waals surface area contributed by atoms with Crippen LogP contribution in [0.25, 0.3) is 0 Å². The molecule has 0 fully saturated rings. The molecule has 25 heavy (non-hydrogen) atoms. The number of carbonyl (C=O) groups excluding carboxylic acids is 3. The summed E-state index contributed by atoms with van der Waals surface area (Å²) >= 11 is 11.8. The van der Waals surface area contributed by atoms with Crippen LogP contribution in [0.3, 0.4) is 0 Å². The first-order chi connectivity index (χ1) is 11.8. The fourth-order valence-electron chi connectivity index (χ4n) is 2.18. The third-order valence-electron chi connectivity index (χ3n) is 3.47. The average Bonchev–Trinajstić information content (AvgIpc) is 2.56. The molecule has 0 aliphatic heterocycles. The molecule has 2 amide bonds. The minimum Gasteiger partial charge on any atom is -0.324 e. The summed E-state index contributed by atoms with van der Waals surface area (Å²) in [5, 5.41) is 3.37. The highest BCUT2D eigenvalue weighted by molar-refractivity contribution is 6.42. The fraction of sp³-hybridized carbons (Fsp3) is 0.167. The molecule has 0 aromatic heterocycles. The summed E-state index contributed by atoms with van der Waals surface area (Å²) in [5.74, 6) is -0.748. The highest BCUT2D eigenvalue weighted by atomic mass is 35.5. The molecule has 0 radical (unpaired) electrons. The van der Waals surface area contributed by atoms with E-state index in [4.69, 9.17) is 23.2 Å². The number of halogens is 2. The number of hydrogen-bond donors (Lipinski definition) is 1. The van der Waals surface area contributed by atoms with E-state index in [-0.39, 0.29) is 24.1 Å². The van der Waals surface area contributed by atoms with Crippen molar-refractivity contribution < 1.29 is 14.4 Å². The lowest BCUT2D eigenvalue weighted by Crippen LogP contribution is -2.36. The standard InChI is InChI=1S/C18H16Cl2N2O3/c1-11(23)13-3-6-15(7-4-13)22(12(2)24)10-18(25)21-14-5-8-16(19)17(20)9-14/h3-9H,10H2,1-2H3,(H,21,25). The molecule has 0 aliphatic carbocycles. The first-order valence-electron chi connectivity index (χ1n) is 7.42. The van der Waals surface area contributed by atoms with Crippen molar-refractivity contribution in [1.82, 2.24) is 0 Å². The fourth-order valence-corrected chi connectivity index (χ4v) is 2.48. The van der Waals surface area contributed by atoms with Gasteiger partial charge in [-0.05, 0) is 49.4 Å². The molecule has 0 spiro atoms. The molecular formula is C18H16Cl2N2O3. The Morgan fingerprint density at radius 3 is 2.12 bits per heavy atom. The van der Waals surface area contributed by atoms with Crippen molar-refractivity contribution >= 4 is 52.2 Å². The zero-order valence-corrected chi connectivity index (χ0v) is 15.2. The molecule has 2 aromatic carbocycles. The van der Waals surface area contributed by atoms with E-state index in [0.717, 1.165) is 0 Å². The summed E-state index contributed by atoms with van der Waals surface area (Å²) in [6, 6.07) is 11.2. The molecule has 0 heterocycles. The number of benzene rings is 2. The normalized spacial score (nSPS) is 10.2. The number of nitrogens with zero attached hydrogens (tertiary/aromatic N) is 1. The molecule has 0 saturated heterocycles. The Morgan fingerprint density at radius 1 is 0.960 bits per heavy atom. The average molecular weight is 379 g/mol. The summed E-state index contributed by atoms with van der Waals surface area (Å²) in [7, 11) is 0. The predicted molar refractivity (Wildman–Crippen MR) is 99.6 cm³/mol. The first kappa shape index (κ1) is 19.0. The lowest BCUT2D eigenvalue weighted by atomic mass is 10.1. The van der Waals surface area contributed by atoms with Crippen molar-refractivity contribution in [1.29, 1.82) is 0 Å². The third-order valence-corrected chi connectivity index (χ3v) is 4.21. The Balaban J connectivity index is 2.12. The molecule has 2 aromatic rings. The van der Waals surface area contributed by atoms with Crippen LogP contribution in [0.1, 0.15) is 24.2 Å². The number of hydrogen-bond acceptors (Lipinski definition) is 3. The van der Waals surface area contributed by atoms with Gasteiger partial charge in [-0.2, -0.15) is 0 Å². The highest BCUT2D eigenvalue weighted by Crippen LogP contribution is 2.25. The largest absolute Gasteiger partial charge is 0.324 e. The van der Waals surface area contributed by atoms with Crippen molar-refractivity contribution in [2.24, 2.45) is 0 Å². The van der Waals surface area contributed by atoms with Crippen LogP contribution in [-0.4, -0.2) is 24.1 Å². The third kappa shape index (κ3) is 5.05. The Labute approximate surface area is 155 Å². The van der Waals surface area contributed by atoms with Crippen LogP contribution in [0.5, 0.6) is 0 Å². The maximum Gasteiger partial charge on any atom is 0.244 e. The molecule has 0 unspecified atom stereocenters. The quantitative estimate of drug-likeness (QED) is 0.793. The number of Topliss-reactive ketones (excluding diaryl/α,β-unsaturated/α-hetero) is 1. The highest BCUT2D eigenvalue weighted by Gasteiger charge is 2.16. The van der Waals surface area contributed by atoms with Crippen LogP contribution in [0.2, 0.25) is 10.0 Å². The van der Waals surface area contributed by atoms with Gasteiger partial charge in [0.1, 0.15) is 6.54 Å². The van der Waals surface area contributed by atoms with Gasteiger partial charge in [0.25, 0.3) is 0 Å². The topological polar surface area (TPSA) is 66.5 Å². The monoisotopic (exact) mass is 378 g/mol. The first-order valence-corrected chi connectivity index (χ1v) is 8.17. The summed E-state index contributed by atoms with van der Waals surface area (Å²) < 4.78 is 0. The van der Waals surface area contributed by atoms with Crippen LogP contribution in [0.4, 0.5) is 11.4 Å².